The summed E-state index contributed by atoms with van der Waals surface area (Å²) >= 11 is 0. The van der Waals surface area contributed by atoms with E-state index in [1.54, 1.807) is 25.3 Å². The van der Waals surface area contributed by atoms with Crippen molar-refractivity contribution in [3.63, 3.8) is 0 Å². The molecule has 1 unspecified atom stereocenters. The first-order valence-corrected chi connectivity index (χ1v) is 8.31. The van der Waals surface area contributed by atoms with E-state index in [9.17, 15) is 9.90 Å². The topological polar surface area (TPSA) is 55.8 Å². The predicted molar refractivity (Wildman–Crippen MR) is 99.7 cm³/mol. The second kappa shape index (κ2) is 8.21. The second-order valence-corrected chi connectivity index (χ2v) is 5.87. The average molecular weight is 348 g/mol. The number of hydrogen-bond acceptors (Lipinski definition) is 3. The van der Waals surface area contributed by atoms with Gasteiger partial charge in [0.1, 0.15) is 12.5 Å². The van der Waals surface area contributed by atoms with Crippen LogP contribution in [0.25, 0.3) is 0 Å². The molecule has 3 rings (SSSR count). The van der Waals surface area contributed by atoms with Gasteiger partial charge in [0.25, 0.3) is 0 Å². The molecule has 0 fully saturated rings. The van der Waals surface area contributed by atoms with Crippen molar-refractivity contribution in [3.05, 3.63) is 95.6 Å². The maximum absolute atomic E-state index is 11.8. The molecule has 1 N–H and O–H groups in total. The molecule has 0 aliphatic heterocycles. The van der Waals surface area contributed by atoms with Gasteiger partial charge < -0.3 is 14.6 Å². The van der Waals surface area contributed by atoms with E-state index in [0.29, 0.717) is 23.7 Å². The molecule has 132 valence electrons. The number of hydrogen-bond donors (Lipinski definition) is 1. The lowest BCUT2D eigenvalue weighted by Gasteiger charge is -2.16. The summed E-state index contributed by atoms with van der Waals surface area (Å²) in [6, 6.07) is 24.2. The van der Waals surface area contributed by atoms with Gasteiger partial charge in [-0.1, -0.05) is 66.7 Å². The van der Waals surface area contributed by atoms with Crippen molar-refractivity contribution >= 4 is 5.97 Å². The molecule has 4 heteroatoms. The van der Waals surface area contributed by atoms with E-state index >= 15 is 0 Å². The van der Waals surface area contributed by atoms with E-state index < -0.39 is 11.9 Å². The van der Waals surface area contributed by atoms with E-state index in [1.807, 2.05) is 60.7 Å². The van der Waals surface area contributed by atoms with Crippen LogP contribution in [0.5, 0.6) is 11.5 Å². The van der Waals surface area contributed by atoms with Crippen LogP contribution < -0.4 is 9.47 Å². The molecule has 0 spiro atoms. The highest BCUT2D eigenvalue weighted by molar-refractivity contribution is 5.80. The number of aliphatic carboxylic acids is 1. The fourth-order valence-corrected chi connectivity index (χ4v) is 2.84. The Kier molecular flexibility index (Phi) is 5.54. The van der Waals surface area contributed by atoms with Crippen LogP contribution in [0.2, 0.25) is 0 Å². The van der Waals surface area contributed by atoms with Gasteiger partial charge in [-0.15, -0.1) is 0 Å². The maximum atomic E-state index is 11.8. The van der Waals surface area contributed by atoms with Gasteiger partial charge in [-0.3, -0.25) is 4.79 Å². The van der Waals surface area contributed by atoms with Crippen LogP contribution in [0.3, 0.4) is 0 Å². The Hall–Kier alpha value is -3.27. The van der Waals surface area contributed by atoms with Crippen LogP contribution in [0, 0.1) is 0 Å². The minimum atomic E-state index is -0.906. The summed E-state index contributed by atoms with van der Waals surface area (Å²) in [6.07, 6.45) is 0. The van der Waals surface area contributed by atoms with E-state index in [-0.39, 0.29) is 0 Å². The van der Waals surface area contributed by atoms with Crippen LogP contribution in [0.4, 0.5) is 0 Å². The number of carboxylic acid groups (broad SMARTS) is 1. The maximum Gasteiger partial charge on any atom is 0.315 e. The Labute approximate surface area is 152 Å². The molecule has 0 aromatic heterocycles. The van der Waals surface area contributed by atoms with Crippen LogP contribution in [0.1, 0.15) is 22.6 Å². The minimum Gasteiger partial charge on any atom is -0.493 e. The van der Waals surface area contributed by atoms with Gasteiger partial charge in [-0.2, -0.15) is 0 Å². The Bertz CT molecular complexity index is 860. The molecule has 0 aliphatic carbocycles. The summed E-state index contributed by atoms with van der Waals surface area (Å²) in [5.74, 6) is -0.567. The summed E-state index contributed by atoms with van der Waals surface area (Å²) < 4.78 is 11.3. The first kappa shape index (κ1) is 17.5. The summed E-state index contributed by atoms with van der Waals surface area (Å²) in [7, 11) is 1.55. The number of methoxy groups -OCH3 is 1. The van der Waals surface area contributed by atoms with Crippen LogP contribution >= 0.6 is 0 Å². The third-order valence-electron chi connectivity index (χ3n) is 4.14. The molecule has 0 radical (unpaired) electrons. The number of benzene rings is 3. The molecular weight excluding hydrogens is 328 g/mol. The van der Waals surface area contributed by atoms with Crippen molar-refractivity contribution in [1.82, 2.24) is 0 Å². The van der Waals surface area contributed by atoms with E-state index in [2.05, 4.69) is 0 Å². The fraction of sp³-hybridized carbons (Fsp3) is 0.136. The highest BCUT2D eigenvalue weighted by atomic mass is 16.5. The molecule has 3 aromatic rings. The van der Waals surface area contributed by atoms with Gasteiger partial charge in [-0.25, -0.2) is 0 Å². The van der Waals surface area contributed by atoms with E-state index in [4.69, 9.17) is 9.47 Å². The molecule has 0 heterocycles. The molecular formula is C22H20O4. The molecule has 4 nitrogen and oxygen atoms in total. The molecule has 0 aliphatic rings. The lowest BCUT2D eigenvalue weighted by Crippen LogP contribution is -2.13. The molecule has 0 bridgehead atoms. The minimum absolute atomic E-state index is 0.414. The van der Waals surface area contributed by atoms with Crippen molar-refractivity contribution in [3.8, 4) is 11.5 Å². The number of carboxylic acids is 1. The number of ether oxygens (including phenoxy) is 2. The average Bonchev–Trinajstić information content (AvgIpc) is 2.68. The van der Waals surface area contributed by atoms with Crippen molar-refractivity contribution < 1.29 is 19.4 Å². The van der Waals surface area contributed by atoms with Gasteiger partial charge in [0.2, 0.25) is 0 Å². The van der Waals surface area contributed by atoms with Crippen molar-refractivity contribution in [2.75, 3.05) is 7.11 Å². The largest absolute Gasteiger partial charge is 0.493 e. The van der Waals surface area contributed by atoms with Crippen LogP contribution in [-0.2, 0) is 11.4 Å². The number of carbonyl (C=O) groups is 1. The molecule has 0 amide bonds. The quantitative estimate of drug-likeness (QED) is 0.683. The zero-order chi connectivity index (χ0) is 18.4. The van der Waals surface area contributed by atoms with E-state index in [0.717, 1.165) is 11.1 Å². The lowest BCUT2D eigenvalue weighted by atomic mass is 9.91. The fourth-order valence-electron chi connectivity index (χ4n) is 2.84. The van der Waals surface area contributed by atoms with Gasteiger partial charge in [-0.05, 0) is 28.8 Å². The highest BCUT2D eigenvalue weighted by Crippen LogP contribution is 2.34. The Morgan fingerprint density at radius 3 is 2.15 bits per heavy atom. The summed E-state index contributed by atoms with van der Waals surface area (Å²) in [5.41, 5.74) is 2.42. The smallest absolute Gasteiger partial charge is 0.315 e. The van der Waals surface area contributed by atoms with Gasteiger partial charge in [0.05, 0.1) is 7.11 Å². The highest BCUT2D eigenvalue weighted by Gasteiger charge is 2.23. The molecule has 1 atom stereocenters. The van der Waals surface area contributed by atoms with Crippen molar-refractivity contribution in [1.29, 1.82) is 0 Å². The summed E-state index contributed by atoms with van der Waals surface area (Å²) in [4.78, 5) is 11.8. The Balaban J connectivity index is 1.86. The monoisotopic (exact) mass is 348 g/mol. The van der Waals surface area contributed by atoms with Gasteiger partial charge >= 0.3 is 5.97 Å². The standard InChI is InChI=1S/C22H20O4/c1-25-20-14-18(21(22(23)24)17-10-6-3-7-11-17)12-13-19(20)26-15-16-8-4-2-5-9-16/h2-14,21H,15H2,1H3,(H,23,24). The third kappa shape index (κ3) is 4.03. The lowest BCUT2D eigenvalue weighted by molar-refractivity contribution is -0.137. The van der Waals surface area contributed by atoms with Crippen molar-refractivity contribution in [2.24, 2.45) is 0 Å². The van der Waals surface area contributed by atoms with Crippen LogP contribution in [-0.4, -0.2) is 18.2 Å². The Morgan fingerprint density at radius 2 is 1.54 bits per heavy atom. The molecule has 3 aromatic carbocycles. The molecule has 26 heavy (non-hydrogen) atoms. The van der Waals surface area contributed by atoms with Crippen LogP contribution in [0.15, 0.2) is 78.9 Å². The normalized spacial score (nSPS) is 11.6. The SMILES string of the molecule is COc1cc(C(C(=O)O)c2ccccc2)ccc1OCc1ccccc1. The third-order valence-corrected chi connectivity index (χ3v) is 4.14. The van der Waals surface area contributed by atoms with Gasteiger partial charge in [0, 0.05) is 0 Å². The predicted octanol–water partition coefficient (Wildman–Crippen LogP) is 4.49. The first-order valence-electron chi connectivity index (χ1n) is 8.31. The van der Waals surface area contributed by atoms with Crippen molar-refractivity contribution in [2.45, 2.75) is 12.5 Å². The first-order chi connectivity index (χ1) is 12.7. The number of rotatable bonds is 7. The zero-order valence-electron chi connectivity index (χ0n) is 14.5. The molecule has 0 saturated heterocycles. The second-order valence-electron chi connectivity index (χ2n) is 5.87. The molecule has 0 saturated carbocycles. The van der Waals surface area contributed by atoms with Gasteiger partial charge in [0.15, 0.2) is 11.5 Å². The van der Waals surface area contributed by atoms with E-state index in [1.165, 1.54) is 0 Å². The Morgan fingerprint density at radius 1 is 0.885 bits per heavy atom. The summed E-state index contributed by atoms with van der Waals surface area (Å²) in [5, 5.41) is 9.69. The summed E-state index contributed by atoms with van der Waals surface area (Å²) in [6.45, 7) is 0.414. The zero-order valence-corrected chi connectivity index (χ0v) is 14.5.